The molecule has 2 heteroatoms. The van der Waals surface area contributed by atoms with E-state index in [0.717, 1.165) is 25.7 Å². The van der Waals surface area contributed by atoms with Crippen molar-refractivity contribution >= 4 is 5.78 Å². The molecule has 2 unspecified atom stereocenters. The van der Waals surface area contributed by atoms with Crippen LogP contribution in [0, 0.1) is 18.3 Å². The Labute approximate surface area is 73.5 Å². The summed E-state index contributed by atoms with van der Waals surface area (Å²) in [5, 5.41) is 0. The zero-order chi connectivity index (χ0) is 9.19. The van der Waals surface area contributed by atoms with Gasteiger partial charge in [0.25, 0.3) is 0 Å². The number of carbonyl (C=O) groups is 1. The Hall–Kier alpha value is -0.810. The molecule has 0 spiro atoms. The molecule has 1 aliphatic rings. The number of hydrogen-bond donors (Lipinski definition) is 1. The van der Waals surface area contributed by atoms with Gasteiger partial charge in [-0.15, -0.1) is 6.42 Å². The molecule has 0 aromatic heterocycles. The first-order valence-corrected chi connectivity index (χ1v) is 4.38. The van der Waals surface area contributed by atoms with E-state index in [2.05, 4.69) is 12.8 Å². The fourth-order valence-corrected chi connectivity index (χ4v) is 1.94. The van der Waals surface area contributed by atoms with Gasteiger partial charge in [-0.25, -0.2) is 0 Å². The van der Waals surface area contributed by atoms with Gasteiger partial charge in [-0.1, -0.05) is 19.8 Å². The van der Waals surface area contributed by atoms with Crippen molar-refractivity contribution in [1.29, 1.82) is 0 Å². The van der Waals surface area contributed by atoms with E-state index in [0.29, 0.717) is 5.92 Å². The van der Waals surface area contributed by atoms with Crippen molar-refractivity contribution in [2.45, 2.75) is 38.1 Å². The first kappa shape index (κ1) is 9.28. The van der Waals surface area contributed by atoms with Crippen molar-refractivity contribution in [2.75, 3.05) is 0 Å². The molecular formula is C10H15NO. The third kappa shape index (κ3) is 1.67. The third-order valence-corrected chi connectivity index (χ3v) is 2.62. The van der Waals surface area contributed by atoms with E-state index in [1.807, 2.05) is 0 Å². The maximum atomic E-state index is 11.3. The van der Waals surface area contributed by atoms with Crippen molar-refractivity contribution in [1.82, 2.24) is 0 Å². The maximum Gasteiger partial charge on any atom is 0.224 e. The van der Waals surface area contributed by atoms with E-state index in [1.165, 1.54) is 0 Å². The van der Waals surface area contributed by atoms with E-state index in [4.69, 9.17) is 12.2 Å². The summed E-state index contributed by atoms with van der Waals surface area (Å²) in [4.78, 5) is 11.3. The van der Waals surface area contributed by atoms with Gasteiger partial charge in [0.2, 0.25) is 5.78 Å². The second-order valence-corrected chi connectivity index (χ2v) is 3.83. The number of carbonyl (C=O) groups excluding carboxylic acids is 1. The van der Waals surface area contributed by atoms with Crippen LogP contribution in [0.3, 0.4) is 0 Å². The zero-order valence-electron chi connectivity index (χ0n) is 7.47. The smallest absolute Gasteiger partial charge is 0.224 e. The van der Waals surface area contributed by atoms with Crippen LogP contribution in [0.25, 0.3) is 0 Å². The molecule has 1 saturated carbocycles. The van der Waals surface area contributed by atoms with Gasteiger partial charge in [0.05, 0.1) is 5.54 Å². The van der Waals surface area contributed by atoms with Crippen molar-refractivity contribution in [3.8, 4) is 12.3 Å². The standard InChI is InChI=1S/C10H15NO/c1-3-9(12)10(11)6-4-5-8(2)7-10/h1,8H,4-7,11H2,2H3. The minimum Gasteiger partial charge on any atom is -0.318 e. The molecule has 1 rings (SSSR count). The van der Waals surface area contributed by atoms with Crippen LogP contribution in [0.1, 0.15) is 32.6 Å². The molecule has 0 aromatic rings. The van der Waals surface area contributed by atoms with Gasteiger partial charge in [0.15, 0.2) is 0 Å². The van der Waals surface area contributed by atoms with E-state index in [1.54, 1.807) is 0 Å². The SMILES string of the molecule is C#CC(=O)C1(N)CCCC(C)C1. The summed E-state index contributed by atoms with van der Waals surface area (Å²) in [6.07, 6.45) is 8.73. The van der Waals surface area contributed by atoms with Crippen LogP contribution in [-0.4, -0.2) is 11.3 Å². The van der Waals surface area contributed by atoms with E-state index in [-0.39, 0.29) is 5.78 Å². The van der Waals surface area contributed by atoms with Gasteiger partial charge < -0.3 is 5.73 Å². The van der Waals surface area contributed by atoms with Gasteiger partial charge in [0, 0.05) is 0 Å². The van der Waals surface area contributed by atoms with Gasteiger partial charge in [-0.3, -0.25) is 4.79 Å². The third-order valence-electron chi connectivity index (χ3n) is 2.62. The Bertz CT molecular complexity index is 228. The molecular weight excluding hydrogens is 150 g/mol. The van der Waals surface area contributed by atoms with Crippen LogP contribution in [0.5, 0.6) is 0 Å². The molecule has 0 saturated heterocycles. The van der Waals surface area contributed by atoms with Crippen molar-refractivity contribution in [2.24, 2.45) is 11.7 Å². The summed E-state index contributed by atoms with van der Waals surface area (Å²) in [6, 6.07) is 0. The van der Waals surface area contributed by atoms with Crippen LogP contribution in [0.4, 0.5) is 0 Å². The molecule has 0 amide bonds. The highest BCUT2D eigenvalue weighted by atomic mass is 16.1. The topological polar surface area (TPSA) is 43.1 Å². The summed E-state index contributed by atoms with van der Waals surface area (Å²) in [5.41, 5.74) is 5.20. The Morgan fingerprint density at radius 3 is 2.92 bits per heavy atom. The number of hydrogen-bond acceptors (Lipinski definition) is 2. The van der Waals surface area contributed by atoms with Gasteiger partial charge in [-0.05, 0) is 24.7 Å². The molecule has 2 atom stereocenters. The fraction of sp³-hybridized carbons (Fsp3) is 0.700. The predicted octanol–water partition coefficient (Wildman–Crippen LogP) is 1.10. The average Bonchev–Trinajstić information content (AvgIpc) is 2.02. The highest BCUT2D eigenvalue weighted by molar-refractivity contribution is 6.02. The predicted molar refractivity (Wildman–Crippen MR) is 48.4 cm³/mol. The maximum absolute atomic E-state index is 11.3. The number of Topliss-reactive ketones (excluding diaryl/α,β-unsaturated/α-hetero) is 1. The van der Waals surface area contributed by atoms with Crippen molar-refractivity contribution < 1.29 is 4.79 Å². The normalized spacial score (nSPS) is 35.6. The van der Waals surface area contributed by atoms with Crippen LogP contribution in [0.2, 0.25) is 0 Å². The summed E-state index contributed by atoms with van der Waals surface area (Å²) in [5.74, 6) is 2.43. The van der Waals surface area contributed by atoms with Crippen LogP contribution in [-0.2, 0) is 4.79 Å². The summed E-state index contributed by atoms with van der Waals surface area (Å²) in [7, 11) is 0. The second-order valence-electron chi connectivity index (χ2n) is 3.83. The second kappa shape index (κ2) is 3.28. The quantitative estimate of drug-likeness (QED) is 0.467. The summed E-state index contributed by atoms with van der Waals surface area (Å²) >= 11 is 0. The first-order valence-electron chi connectivity index (χ1n) is 4.38. The lowest BCUT2D eigenvalue weighted by atomic mass is 9.75. The lowest BCUT2D eigenvalue weighted by Crippen LogP contribution is -2.50. The van der Waals surface area contributed by atoms with Gasteiger partial charge in [-0.2, -0.15) is 0 Å². The molecule has 0 aliphatic heterocycles. The molecule has 0 aromatic carbocycles. The Balaban J connectivity index is 2.71. The lowest BCUT2D eigenvalue weighted by molar-refractivity contribution is -0.120. The van der Waals surface area contributed by atoms with E-state index in [9.17, 15) is 4.79 Å². The molecule has 1 aliphatic carbocycles. The average molecular weight is 165 g/mol. The number of terminal acetylenes is 1. The number of rotatable bonds is 1. The number of ketones is 1. The molecule has 2 N–H and O–H groups in total. The van der Waals surface area contributed by atoms with E-state index >= 15 is 0 Å². The molecule has 12 heavy (non-hydrogen) atoms. The Morgan fingerprint density at radius 2 is 2.42 bits per heavy atom. The Kier molecular flexibility index (Phi) is 2.54. The molecule has 0 radical (unpaired) electrons. The minimum absolute atomic E-state index is 0.228. The van der Waals surface area contributed by atoms with Crippen LogP contribution < -0.4 is 5.73 Å². The minimum atomic E-state index is -0.716. The number of nitrogens with two attached hydrogens (primary N) is 1. The molecule has 0 bridgehead atoms. The van der Waals surface area contributed by atoms with E-state index < -0.39 is 5.54 Å². The zero-order valence-corrected chi connectivity index (χ0v) is 7.47. The van der Waals surface area contributed by atoms with Crippen LogP contribution >= 0.6 is 0 Å². The molecule has 2 nitrogen and oxygen atoms in total. The van der Waals surface area contributed by atoms with Gasteiger partial charge in [0.1, 0.15) is 0 Å². The molecule has 0 heterocycles. The first-order chi connectivity index (χ1) is 5.58. The molecule has 1 fully saturated rings. The summed E-state index contributed by atoms with van der Waals surface area (Å²) < 4.78 is 0. The van der Waals surface area contributed by atoms with Gasteiger partial charge >= 0.3 is 0 Å². The monoisotopic (exact) mass is 165 g/mol. The largest absolute Gasteiger partial charge is 0.318 e. The fourth-order valence-electron chi connectivity index (χ4n) is 1.94. The highest BCUT2D eigenvalue weighted by Gasteiger charge is 2.36. The van der Waals surface area contributed by atoms with Crippen LogP contribution in [0.15, 0.2) is 0 Å². The van der Waals surface area contributed by atoms with Crippen molar-refractivity contribution in [3.63, 3.8) is 0 Å². The lowest BCUT2D eigenvalue weighted by Gasteiger charge is -2.33. The van der Waals surface area contributed by atoms with Crippen molar-refractivity contribution in [3.05, 3.63) is 0 Å². The molecule has 66 valence electrons. The summed E-state index contributed by atoms with van der Waals surface area (Å²) in [6.45, 7) is 2.12. The Morgan fingerprint density at radius 1 is 1.75 bits per heavy atom. The highest BCUT2D eigenvalue weighted by Crippen LogP contribution is 2.30.